The fourth-order valence-electron chi connectivity index (χ4n) is 3.05. The number of nitrogens with two attached hydrogens (primary N) is 1. The predicted molar refractivity (Wildman–Crippen MR) is 84.6 cm³/mol. The number of anilines is 2. The summed E-state index contributed by atoms with van der Waals surface area (Å²) in [4.78, 5) is 2.62. The van der Waals surface area contributed by atoms with Crippen molar-refractivity contribution in [1.29, 1.82) is 0 Å². The fraction of sp³-hybridized carbons (Fsp3) is 0.647. The Morgan fingerprint density at radius 3 is 2.58 bits per heavy atom. The largest absolute Gasteiger partial charge is 0.399 e. The van der Waals surface area contributed by atoms with Crippen LogP contribution in [0.3, 0.4) is 0 Å². The molecule has 0 aliphatic heterocycles. The van der Waals surface area contributed by atoms with Crippen molar-refractivity contribution in [2.75, 3.05) is 17.2 Å². The zero-order valence-corrected chi connectivity index (χ0v) is 12.7. The van der Waals surface area contributed by atoms with Gasteiger partial charge in [-0.25, -0.2) is 0 Å². The molecule has 2 heteroatoms. The topological polar surface area (TPSA) is 29.3 Å². The van der Waals surface area contributed by atoms with Crippen LogP contribution >= 0.6 is 0 Å². The van der Waals surface area contributed by atoms with E-state index in [9.17, 15) is 0 Å². The van der Waals surface area contributed by atoms with E-state index in [0.717, 1.165) is 24.2 Å². The van der Waals surface area contributed by atoms with Crippen LogP contribution in [0.2, 0.25) is 0 Å². The Balaban J connectivity index is 2.21. The lowest BCUT2D eigenvalue weighted by Crippen LogP contribution is -2.35. The smallest absolute Gasteiger partial charge is 0.0419 e. The van der Waals surface area contributed by atoms with Crippen LogP contribution in [0.25, 0.3) is 0 Å². The lowest BCUT2D eigenvalue weighted by Gasteiger charge is -2.33. The van der Waals surface area contributed by atoms with E-state index in [0.29, 0.717) is 0 Å². The molecule has 0 heterocycles. The van der Waals surface area contributed by atoms with Crippen molar-refractivity contribution in [3.05, 3.63) is 23.8 Å². The minimum atomic E-state index is 0.722. The molecule has 1 aliphatic rings. The first kappa shape index (κ1) is 14.2. The summed E-state index contributed by atoms with van der Waals surface area (Å²) in [6, 6.07) is 7.05. The minimum absolute atomic E-state index is 0.722. The highest BCUT2D eigenvalue weighted by Crippen LogP contribution is 2.32. The van der Waals surface area contributed by atoms with Gasteiger partial charge in [0.15, 0.2) is 0 Å². The molecular weight excluding hydrogens is 232 g/mol. The first-order chi connectivity index (χ1) is 9.08. The van der Waals surface area contributed by atoms with Crippen LogP contribution in [0.5, 0.6) is 0 Å². The Bertz CT molecular complexity index is 406. The van der Waals surface area contributed by atoms with Gasteiger partial charge >= 0.3 is 0 Å². The van der Waals surface area contributed by atoms with Crippen molar-refractivity contribution in [1.82, 2.24) is 0 Å². The summed E-state index contributed by atoms with van der Waals surface area (Å²) in [6.07, 6.45) is 6.69. The first-order valence-electron chi connectivity index (χ1n) is 7.70. The molecule has 0 atom stereocenters. The third kappa shape index (κ3) is 3.65. The molecule has 0 unspecified atom stereocenters. The van der Waals surface area contributed by atoms with Crippen LogP contribution in [-0.2, 0) is 0 Å². The maximum atomic E-state index is 5.99. The Labute approximate surface area is 118 Å². The predicted octanol–water partition coefficient (Wildman–Crippen LogP) is 4.37. The van der Waals surface area contributed by atoms with Gasteiger partial charge in [-0.05, 0) is 49.8 Å². The fourth-order valence-corrected chi connectivity index (χ4v) is 3.05. The zero-order chi connectivity index (χ0) is 13.8. The number of hydrogen-bond acceptors (Lipinski definition) is 2. The summed E-state index contributed by atoms with van der Waals surface area (Å²) < 4.78 is 0. The van der Waals surface area contributed by atoms with E-state index in [1.165, 1.54) is 43.4 Å². The summed E-state index contributed by atoms with van der Waals surface area (Å²) in [5.74, 6) is 0.755. The van der Waals surface area contributed by atoms with Crippen molar-refractivity contribution in [2.45, 2.75) is 58.9 Å². The highest BCUT2D eigenvalue weighted by molar-refractivity contribution is 5.61. The van der Waals surface area contributed by atoms with E-state index in [1.54, 1.807) is 0 Å². The Morgan fingerprint density at radius 2 is 1.95 bits per heavy atom. The van der Waals surface area contributed by atoms with Crippen molar-refractivity contribution in [2.24, 2.45) is 5.92 Å². The van der Waals surface area contributed by atoms with Gasteiger partial charge in [-0.3, -0.25) is 0 Å². The van der Waals surface area contributed by atoms with Crippen molar-refractivity contribution >= 4 is 11.4 Å². The highest BCUT2D eigenvalue weighted by Gasteiger charge is 2.23. The minimum Gasteiger partial charge on any atom is -0.399 e. The number of aryl methyl sites for hydroxylation is 1. The van der Waals surface area contributed by atoms with Gasteiger partial charge < -0.3 is 10.6 Å². The monoisotopic (exact) mass is 260 g/mol. The van der Waals surface area contributed by atoms with Crippen LogP contribution < -0.4 is 10.6 Å². The second-order valence-electron chi connectivity index (χ2n) is 6.36. The molecule has 2 nitrogen and oxygen atoms in total. The van der Waals surface area contributed by atoms with E-state index >= 15 is 0 Å². The third-order valence-corrected chi connectivity index (χ3v) is 4.26. The highest BCUT2D eigenvalue weighted by atomic mass is 15.2. The van der Waals surface area contributed by atoms with Gasteiger partial charge in [-0.2, -0.15) is 0 Å². The quantitative estimate of drug-likeness (QED) is 0.796. The normalized spacial score (nSPS) is 16.2. The van der Waals surface area contributed by atoms with Gasteiger partial charge in [0.25, 0.3) is 0 Å². The average Bonchev–Trinajstić information content (AvgIpc) is 2.87. The second kappa shape index (κ2) is 6.31. The number of nitrogens with zero attached hydrogens (tertiary/aromatic N) is 1. The van der Waals surface area contributed by atoms with E-state index < -0.39 is 0 Å². The maximum Gasteiger partial charge on any atom is 0.0419 e. The summed E-state index contributed by atoms with van der Waals surface area (Å²) in [5, 5.41) is 0. The number of rotatable bonds is 5. The molecule has 1 fully saturated rings. The standard InChI is InChI=1S/C17H28N2/c1-13(2)10-11-19(16-6-4-5-7-16)17-12-15(18)9-8-14(17)3/h8-9,12-13,16H,4-7,10-11,18H2,1-3H3. The molecule has 0 bridgehead atoms. The van der Waals surface area contributed by atoms with Crippen LogP contribution in [0.4, 0.5) is 11.4 Å². The van der Waals surface area contributed by atoms with Crippen LogP contribution in [0.1, 0.15) is 51.5 Å². The van der Waals surface area contributed by atoms with Crippen LogP contribution in [0, 0.1) is 12.8 Å². The summed E-state index contributed by atoms with van der Waals surface area (Å²) >= 11 is 0. The van der Waals surface area contributed by atoms with Gasteiger partial charge in [-0.15, -0.1) is 0 Å². The molecule has 0 amide bonds. The summed E-state index contributed by atoms with van der Waals surface area (Å²) in [5.41, 5.74) is 9.58. The SMILES string of the molecule is Cc1ccc(N)cc1N(CCC(C)C)C1CCCC1. The van der Waals surface area contributed by atoms with Gasteiger partial charge in [0.1, 0.15) is 0 Å². The first-order valence-corrected chi connectivity index (χ1v) is 7.70. The van der Waals surface area contributed by atoms with Gasteiger partial charge in [-0.1, -0.05) is 32.8 Å². The van der Waals surface area contributed by atoms with Crippen molar-refractivity contribution in [3.63, 3.8) is 0 Å². The number of nitrogen functional groups attached to an aromatic ring is 1. The second-order valence-corrected chi connectivity index (χ2v) is 6.36. The number of hydrogen-bond donors (Lipinski definition) is 1. The molecule has 1 saturated carbocycles. The van der Waals surface area contributed by atoms with Crippen molar-refractivity contribution < 1.29 is 0 Å². The van der Waals surface area contributed by atoms with Crippen LogP contribution in [0.15, 0.2) is 18.2 Å². The molecule has 106 valence electrons. The zero-order valence-electron chi connectivity index (χ0n) is 12.7. The average molecular weight is 260 g/mol. The molecule has 0 spiro atoms. The van der Waals surface area contributed by atoms with E-state index in [2.05, 4.69) is 37.8 Å². The molecule has 0 radical (unpaired) electrons. The molecule has 2 N–H and O–H groups in total. The molecule has 0 saturated heterocycles. The Kier molecular flexibility index (Phi) is 4.73. The molecule has 1 aliphatic carbocycles. The maximum absolute atomic E-state index is 5.99. The van der Waals surface area contributed by atoms with Gasteiger partial charge in [0.2, 0.25) is 0 Å². The van der Waals surface area contributed by atoms with Gasteiger partial charge in [0, 0.05) is 24.0 Å². The lowest BCUT2D eigenvalue weighted by atomic mass is 10.1. The van der Waals surface area contributed by atoms with Crippen LogP contribution in [-0.4, -0.2) is 12.6 Å². The summed E-state index contributed by atoms with van der Waals surface area (Å²) in [6.45, 7) is 7.97. The Morgan fingerprint density at radius 1 is 1.26 bits per heavy atom. The lowest BCUT2D eigenvalue weighted by molar-refractivity contribution is 0.528. The molecule has 19 heavy (non-hydrogen) atoms. The van der Waals surface area contributed by atoms with Gasteiger partial charge in [0.05, 0.1) is 0 Å². The molecule has 0 aromatic heterocycles. The third-order valence-electron chi connectivity index (χ3n) is 4.26. The molecule has 2 rings (SSSR count). The van der Waals surface area contributed by atoms with E-state index in [-0.39, 0.29) is 0 Å². The van der Waals surface area contributed by atoms with E-state index in [1.807, 2.05) is 6.07 Å². The number of benzene rings is 1. The molecule has 1 aromatic rings. The van der Waals surface area contributed by atoms with Crippen molar-refractivity contribution in [3.8, 4) is 0 Å². The molecular formula is C17H28N2. The van der Waals surface area contributed by atoms with E-state index in [4.69, 9.17) is 5.73 Å². The molecule has 1 aromatic carbocycles. The Hall–Kier alpha value is -1.18. The summed E-state index contributed by atoms with van der Waals surface area (Å²) in [7, 11) is 0.